The van der Waals surface area contributed by atoms with Crippen LogP contribution in [0.4, 0.5) is 5.69 Å². The highest BCUT2D eigenvalue weighted by molar-refractivity contribution is 5.75. The van der Waals surface area contributed by atoms with E-state index in [1.54, 1.807) is 6.92 Å². The molecule has 1 aromatic rings. The molecule has 0 aliphatic carbocycles. The Morgan fingerprint density at radius 1 is 1.35 bits per heavy atom. The van der Waals surface area contributed by atoms with Crippen LogP contribution in [0.2, 0.25) is 0 Å². The minimum Gasteiger partial charge on any atom is -0.454 e. The van der Waals surface area contributed by atoms with Crippen molar-refractivity contribution in [1.82, 2.24) is 0 Å². The molecule has 0 saturated carbocycles. The molecule has 1 aliphatic heterocycles. The second kappa shape index (κ2) is 5.08. The van der Waals surface area contributed by atoms with Crippen LogP contribution in [0.15, 0.2) is 18.2 Å². The van der Waals surface area contributed by atoms with Gasteiger partial charge in [-0.2, -0.15) is 0 Å². The van der Waals surface area contributed by atoms with Gasteiger partial charge < -0.3 is 19.2 Å². The number of carbonyl (C=O) groups excluding carboxylic acids is 1. The van der Waals surface area contributed by atoms with Crippen LogP contribution < -0.4 is 14.4 Å². The molecule has 0 unspecified atom stereocenters. The maximum absolute atomic E-state index is 10.9. The zero-order valence-electron chi connectivity index (χ0n) is 10.2. The van der Waals surface area contributed by atoms with Crippen LogP contribution in [0.3, 0.4) is 0 Å². The zero-order chi connectivity index (χ0) is 12.3. The van der Waals surface area contributed by atoms with Gasteiger partial charge in [-0.25, -0.2) is 0 Å². The first-order chi connectivity index (χ1) is 8.16. The third-order valence-corrected chi connectivity index (χ3v) is 2.82. The summed E-state index contributed by atoms with van der Waals surface area (Å²) >= 11 is 0. The Morgan fingerprint density at radius 2 is 2.12 bits per heavy atom. The summed E-state index contributed by atoms with van der Waals surface area (Å²) in [7, 11) is 2.01. The lowest BCUT2D eigenvalue weighted by Crippen LogP contribution is -2.18. The van der Waals surface area contributed by atoms with E-state index < -0.39 is 0 Å². The average molecular weight is 235 g/mol. The van der Waals surface area contributed by atoms with E-state index in [1.165, 1.54) is 0 Å². The summed E-state index contributed by atoms with van der Waals surface area (Å²) in [4.78, 5) is 13.0. The minimum atomic E-state index is 0.240. The highest BCUT2D eigenvalue weighted by Gasteiger charge is 2.14. The van der Waals surface area contributed by atoms with E-state index in [2.05, 4.69) is 4.90 Å². The molecule has 92 valence electrons. The summed E-state index contributed by atoms with van der Waals surface area (Å²) in [6.07, 6.45) is 1.51. The molecule has 17 heavy (non-hydrogen) atoms. The Hall–Kier alpha value is -1.71. The lowest BCUT2D eigenvalue weighted by molar-refractivity contribution is -0.117. The first-order valence-corrected chi connectivity index (χ1v) is 5.77. The van der Waals surface area contributed by atoms with Gasteiger partial charge in [0, 0.05) is 31.8 Å². The van der Waals surface area contributed by atoms with E-state index in [4.69, 9.17) is 9.47 Å². The van der Waals surface area contributed by atoms with Crippen molar-refractivity contribution in [3.8, 4) is 11.5 Å². The number of ketones is 1. The lowest BCUT2D eigenvalue weighted by Gasteiger charge is -2.19. The summed E-state index contributed by atoms with van der Waals surface area (Å²) in [6, 6.07) is 5.89. The lowest BCUT2D eigenvalue weighted by atomic mass is 10.2. The summed E-state index contributed by atoms with van der Waals surface area (Å²) < 4.78 is 10.6. The quantitative estimate of drug-likeness (QED) is 0.784. The molecule has 1 aliphatic rings. The molecule has 2 rings (SSSR count). The number of hydrogen-bond acceptors (Lipinski definition) is 4. The molecule has 0 N–H and O–H groups in total. The Bertz CT molecular complexity index is 417. The second-order valence-corrected chi connectivity index (χ2v) is 4.26. The fraction of sp³-hybridized carbons (Fsp3) is 0.462. The molecule has 0 saturated heterocycles. The summed E-state index contributed by atoms with van der Waals surface area (Å²) in [5.74, 6) is 1.83. The number of hydrogen-bond donors (Lipinski definition) is 0. The zero-order valence-corrected chi connectivity index (χ0v) is 10.2. The van der Waals surface area contributed by atoms with E-state index in [-0.39, 0.29) is 5.78 Å². The molecule has 4 heteroatoms. The molecule has 0 bridgehead atoms. The molecule has 0 spiro atoms. The van der Waals surface area contributed by atoms with E-state index in [9.17, 15) is 4.79 Å². The van der Waals surface area contributed by atoms with Crippen molar-refractivity contribution in [2.45, 2.75) is 19.8 Å². The van der Waals surface area contributed by atoms with Gasteiger partial charge in [-0.1, -0.05) is 0 Å². The van der Waals surface area contributed by atoms with Crippen LogP contribution in [0.5, 0.6) is 11.5 Å². The maximum Gasteiger partial charge on any atom is 0.231 e. The Morgan fingerprint density at radius 3 is 2.88 bits per heavy atom. The van der Waals surface area contributed by atoms with Crippen molar-refractivity contribution in [2.75, 3.05) is 25.3 Å². The SMILES string of the molecule is CC(=O)CCCN(C)c1ccc2c(c1)OCO2. The fourth-order valence-corrected chi connectivity index (χ4v) is 1.82. The van der Waals surface area contributed by atoms with Gasteiger partial charge in [0.25, 0.3) is 0 Å². The molecule has 0 radical (unpaired) electrons. The standard InChI is InChI=1S/C13H17NO3/c1-10(15)4-3-7-14(2)11-5-6-12-13(8-11)17-9-16-12/h5-6,8H,3-4,7,9H2,1-2H3. The molecule has 0 amide bonds. The number of benzene rings is 1. The normalized spacial score (nSPS) is 12.6. The van der Waals surface area contributed by atoms with Gasteiger partial charge in [0.2, 0.25) is 6.79 Å². The molecular formula is C13H17NO3. The van der Waals surface area contributed by atoms with Crippen LogP contribution in [0.1, 0.15) is 19.8 Å². The van der Waals surface area contributed by atoms with Crippen molar-refractivity contribution >= 4 is 11.5 Å². The Labute approximate surface area is 101 Å². The fourth-order valence-electron chi connectivity index (χ4n) is 1.82. The number of fused-ring (bicyclic) bond motifs is 1. The first kappa shape index (κ1) is 11.8. The largest absolute Gasteiger partial charge is 0.454 e. The molecule has 0 aromatic heterocycles. The third kappa shape index (κ3) is 2.90. The van der Waals surface area contributed by atoms with Gasteiger partial charge in [-0.15, -0.1) is 0 Å². The Kier molecular flexibility index (Phi) is 3.52. The van der Waals surface area contributed by atoms with E-state index in [0.29, 0.717) is 13.2 Å². The first-order valence-electron chi connectivity index (χ1n) is 5.77. The minimum absolute atomic E-state index is 0.240. The summed E-state index contributed by atoms with van der Waals surface area (Å²) in [6.45, 7) is 2.78. The number of anilines is 1. The topological polar surface area (TPSA) is 38.8 Å². The van der Waals surface area contributed by atoms with Gasteiger partial charge in [0.05, 0.1) is 0 Å². The molecular weight excluding hydrogens is 218 g/mol. The van der Waals surface area contributed by atoms with E-state index in [1.807, 2.05) is 25.2 Å². The van der Waals surface area contributed by atoms with Crippen LogP contribution >= 0.6 is 0 Å². The number of rotatable bonds is 5. The highest BCUT2D eigenvalue weighted by atomic mass is 16.7. The predicted octanol–water partition coefficient (Wildman–Crippen LogP) is 2.22. The van der Waals surface area contributed by atoms with Crippen LogP contribution in [-0.4, -0.2) is 26.2 Å². The highest BCUT2D eigenvalue weighted by Crippen LogP contribution is 2.35. The van der Waals surface area contributed by atoms with Gasteiger partial charge in [-0.05, 0) is 25.5 Å². The summed E-state index contributed by atoms with van der Waals surface area (Å²) in [5.41, 5.74) is 1.08. The number of ether oxygens (including phenoxy) is 2. The van der Waals surface area contributed by atoms with Gasteiger partial charge in [-0.3, -0.25) is 0 Å². The van der Waals surface area contributed by atoms with Gasteiger partial charge in [0.15, 0.2) is 11.5 Å². The number of carbonyl (C=O) groups is 1. The predicted molar refractivity (Wildman–Crippen MR) is 65.8 cm³/mol. The van der Waals surface area contributed by atoms with Crippen LogP contribution in [0, 0.1) is 0 Å². The monoisotopic (exact) mass is 235 g/mol. The molecule has 1 heterocycles. The van der Waals surface area contributed by atoms with Crippen molar-refractivity contribution in [3.05, 3.63) is 18.2 Å². The second-order valence-electron chi connectivity index (χ2n) is 4.26. The number of nitrogens with zero attached hydrogens (tertiary/aromatic N) is 1. The molecule has 0 fully saturated rings. The maximum atomic E-state index is 10.9. The van der Waals surface area contributed by atoms with Crippen LogP contribution in [0.25, 0.3) is 0 Å². The average Bonchev–Trinajstić information content (AvgIpc) is 2.75. The molecule has 1 aromatic carbocycles. The van der Waals surface area contributed by atoms with Crippen LogP contribution in [-0.2, 0) is 4.79 Å². The smallest absolute Gasteiger partial charge is 0.231 e. The van der Waals surface area contributed by atoms with E-state index in [0.717, 1.165) is 30.2 Å². The van der Waals surface area contributed by atoms with Gasteiger partial charge in [0.1, 0.15) is 5.78 Å². The van der Waals surface area contributed by atoms with Crippen molar-refractivity contribution in [1.29, 1.82) is 0 Å². The summed E-state index contributed by atoms with van der Waals surface area (Å²) in [5, 5.41) is 0. The van der Waals surface area contributed by atoms with E-state index >= 15 is 0 Å². The van der Waals surface area contributed by atoms with Crippen molar-refractivity contribution in [3.63, 3.8) is 0 Å². The van der Waals surface area contributed by atoms with Crippen molar-refractivity contribution in [2.24, 2.45) is 0 Å². The van der Waals surface area contributed by atoms with Crippen molar-refractivity contribution < 1.29 is 14.3 Å². The molecule has 0 atom stereocenters. The third-order valence-electron chi connectivity index (χ3n) is 2.82. The Balaban J connectivity index is 1.95. The molecule has 4 nitrogen and oxygen atoms in total. The number of Topliss-reactive ketones (excluding diaryl/α,β-unsaturated/α-hetero) is 1. The van der Waals surface area contributed by atoms with Gasteiger partial charge >= 0.3 is 0 Å².